The number of unbranched alkanes of at least 4 members (excludes halogenated alkanes) is 1. The summed E-state index contributed by atoms with van der Waals surface area (Å²) in [6, 6.07) is 2.04. The van der Waals surface area contributed by atoms with E-state index in [9.17, 15) is 23.5 Å². The highest BCUT2D eigenvalue weighted by molar-refractivity contribution is 5.89. The van der Waals surface area contributed by atoms with Gasteiger partial charge in [0.15, 0.2) is 6.54 Å². The number of piperazine rings is 1. The van der Waals surface area contributed by atoms with Gasteiger partial charge in [0.05, 0.1) is 25.1 Å². The summed E-state index contributed by atoms with van der Waals surface area (Å²) in [5.41, 5.74) is 0.337. The number of hydrogen-bond donors (Lipinski definition) is 3. The Morgan fingerprint density at radius 1 is 1.29 bits per heavy atom. The molecule has 0 saturated carbocycles. The van der Waals surface area contributed by atoms with Gasteiger partial charge in [-0.05, 0) is 30.5 Å². The molecule has 2 saturated heterocycles. The van der Waals surface area contributed by atoms with Crippen LogP contribution in [0, 0.1) is 17.6 Å². The van der Waals surface area contributed by atoms with Crippen molar-refractivity contribution in [1.29, 1.82) is 0 Å². The number of hydrogen-bond acceptors (Lipinski definition) is 6. The largest absolute Gasteiger partial charge is 0.389 e. The molecule has 3 N–H and O–H groups in total. The topological polar surface area (TPSA) is 100 Å². The number of aliphatic hydroxyl groups is 1. The number of amidine groups is 1. The molecular formula is C27H39F2N6O3+. The second-order valence-electron chi connectivity index (χ2n) is 10.5. The molecule has 9 nitrogen and oxygen atoms in total. The number of likely N-dealkylation sites (N-methyl/N-ethyl adjacent to an activating group) is 1. The van der Waals surface area contributed by atoms with E-state index < -0.39 is 29.7 Å². The zero-order valence-corrected chi connectivity index (χ0v) is 22.2. The van der Waals surface area contributed by atoms with Crippen LogP contribution in [0.2, 0.25) is 0 Å². The Labute approximate surface area is 222 Å². The monoisotopic (exact) mass is 533 g/mol. The van der Waals surface area contributed by atoms with Crippen molar-refractivity contribution in [2.24, 2.45) is 10.9 Å². The third kappa shape index (κ3) is 7.21. The van der Waals surface area contributed by atoms with Crippen molar-refractivity contribution in [3.8, 4) is 0 Å². The number of aliphatic imine (C=N–C) groups is 1. The van der Waals surface area contributed by atoms with Crippen LogP contribution in [0.5, 0.6) is 0 Å². The highest BCUT2D eigenvalue weighted by atomic mass is 19.1. The molecule has 1 aromatic rings. The fraction of sp³-hybridized carbons (Fsp3) is 0.630. The number of rotatable bonds is 11. The third-order valence-corrected chi connectivity index (χ3v) is 7.59. The summed E-state index contributed by atoms with van der Waals surface area (Å²) in [4.78, 5) is 34.1. The molecule has 0 spiro atoms. The van der Waals surface area contributed by atoms with Crippen LogP contribution in [-0.4, -0.2) is 114 Å². The first-order valence-electron chi connectivity index (χ1n) is 13.5. The van der Waals surface area contributed by atoms with E-state index >= 15 is 0 Å². The first kappa shape index (κ1) is 28.3. The molecule has 3 aliphatic heterocycles. The van der Waals surface area contributed by atoms with Gasteiger partial charge in [0, 0.05) is 51.3 Å². The van der Waals surface area contributed by atoms with Gasteiger partial charge in [-0.25, -0.2) is 13.4 Å². The first-order chi connectivity index (χ1) is 18.2. The minimum Gasteiger partial charge on any atom is -0.389 e. The Bertz CT molecular complexity index is 1060. The molecule has 38 heavy (non-hydrogen) atoms. The lowest BCUT2D eigenvalue weighted by molar-refractivity contribution is -0.365. The molecule has 3 heterocycles. The van der Waals surface area contributed by atoms with Gasteiger partial charge in [0.1, 0.15) is 24.4 Å². The standard InChI is InChI=1S/C27H38F2N6O3/c1-3-4-7-35-15-19(13-25(35)36)27(38)32-22(12-18-10-20(28)14-21(29)11-18)26(37)23-16-34(9-6-30-23)17-24-31-5-8-33(24)2/h8,10-11,14,19,22-23,26,30,37H,3-7,9,12-13,15-17H2,1-2H3/p+1/t19?,22-,23+,26-/m0/s1. The molecule has 0 aliphatic carbocycles. The van der Waals surface area contributed by atoms with Crippen molar-refractivity contribution in [3.63, 3.8) is 0 Å². The molecular weight excluding hydrogens is 494 g/mol. The number of nitrogens with zero attached hydrogens (tertiary/aromatic N) is 4. The number of aliphatic hydroxyl groups excluding tert-OH is 1. The Morgan fingerprint density at radius 2 is 2.05 bits per heavy atom. The fourth-order valence-electron chi connectivity index (χ4n) is 5.40. The molecule has 1 aromatic carbocycles. The molecule has 4 rings (SSSR count). The van der Waals surface area contributed by atoms with E-state index in [2.05, 4.69) is 20.5 Å². The summed E-state index contributed by atoms with van der Waals surface area (Å²) in [5.74, 6) is -1.38. The molecule has 0 aromatic heterocycles. The lowest BCUT2D eigenvalue weighted by atomic mass is 9.94. The molecule has 2 fully saturated rings. The predicted molar refractivity (Wildman–Crippen MR) is 140 cm³/mol. The van der Waals surface area contributed by atoms with Gasteiger partial charge in [0.25, 0.3) is 0 Å². The number of benzene rings is 1. The summed E-state index contributed by atoms with van der Waals surface area (Å²) in [6.07, 6.45) is 2.96. The quantitative estimate of drug-likeness (QED) is 0.358. The number of halogens is 2. The lowest BCUT2D eigenvalue weighted by Gasteiger charge is -2.38. The maximum atomic E-state index is 13.9. The van der Waals surface area contributed by atoms with Crippen LogP contribution in [0.25, 0.3) is 0 Å². The van der Waals surface area contributed by atoms with Crippen molar-refractivity contribution < 1.29 is 28.1 Å². The highest BCUT2D eigenvalue weighted by Gasteiger charge is 2.38. The minimum absolute atomic E-state index is 0.0460. The van der Waals surface area contributed by atoms with Crippen molar-refractivity contribution in [2.75, 3.05) is 52.9 Å². The van der Waals surface area contributed by atoms with Crippen molar-refractivity contribution in [3.05, 3.63) is 35.4 Å². The van der Waals surface area contributed by atoms with E-state index in [0.29, 0.717) is 44.8 Å². The molecule has 1 unspecified atom stereocenters. The first-order valence-corrected chi connectivity index (χ1v) is 13.5. The summed E-state index contributed by atoms with van der Waals surface area (Å²) in [5, 5.41) is 17.7. The van der Waals surface area contributed by atoms with Crippen LogP contribution in [0.4, 0.5) is 8.78 Å². The summed E-state index contributed by atoms with van der Waals surface area (Å²) >= 11 is 0. The van der Waals surface area contributed by atoms with E-state index in [1.165, 1.54) is 12.1 Å². The van der Waals surface area contributed by atoms with Crippen LogP contribution >= 0.6 is 0 Å². The number of amides is 2. The summed E-state index contributed by atoms with van der Waals surface area (Å²) in [6.45, 7) is 6.23. The van der Waals surface area contributed by atoms with Crippen molar-refractivity contribution in [1.82, 2.24) is 20.4 Å². The lowest BCUT2D eigenvalue weighted by Crippen LogP contribution is -2.62. The minimum atomic E-state index is -1.03. The maximum Gasteiger partial charge on any atom is 0.306 e. The van der Waals surface area contributed by atoms with E-state index in [1.807, 2.05) is 24.8 Å². The Morgan fingerprint density at radius 3 is 2.74 bits per heavy atom. The van der Waals surface area contributed by atoms with Gasteiger partial charge in [-0.1, -0.05) is 18.3 Å². The second-order valence-corrected chi connectivity index (χ2v) is 10.5. The van der Waals surface area contributed by atoms with E-state index in [0.717, 1.165) is 31.3 Å². The molecule has 0 bridgehead atoms. The second kappa shape index (κ2) is 12.9. The summed E-state index contributed by atoms with van der Waals surface area (Å²) < 4.78 is 29.9. The SMILES string of the molecule is CCCCN1CC(C(=O)N[C@@H](Cc2cc(F)cc(F)c2)[C@H](O)[C@H]2CN(CC3=NCC=[N+]3C)CCN2)CC1=O. The number of nitrogens with one attached hydrogen (secondary N) is 2. The van der Waals surface area contributed by atoms with Crippen LogP contribution in [0.15, 0.2) is 23.2 Å². The van der Waals surface area contributed by atoms with Crippen LogP contribution < -0.4 is 10.6 Å². The van der Waals surface area contributed by atoms with Gasteiger partial charge < -0.3 is 20.6 Å². The predicted octanol–water partition coefficient (Wildman–Crippen LogP) is 0.401. The number of likely N-dealkylation sites (tertiary alicyclic amines) is 1. The Kier molecular flexibility index (Phi) is 9.56. The van der Waals surface area contributed by atoms with Crippen molar-refractivity contribution >= 4 is 23.9 Å². The van der Waals surface area contributed by atoms with Crippen LogP contribution in [0.3, 0.4) is 0 Å². The van der Waals surface area contributed by atoms with E-state index in [-0.39, 0.29) is 30.7 Å². The molecule has 0 radical (unpaired) electrons. The fourth-order valence-corrected chi connectivity index (χ4v) is 5.40. The van der Waals surface area contributed by atoms with Gasteiger partial charge in [-0.3, -0.25) is 14.5 Å². The van der Waals surface area contributed by atoms with E-state index in [4.69, 9.17) is 0 Å². The average Bonchev–Trinajstić information content (AvgIpc) is 3.46. The van der Waals surface area contributed by atoms with Crippen molar-refractivity contribution in [2.45, 2.75) is 50.8 Å². The average molecular weight is 534 g/mol. The van der Waals surface area contributed by atoms with Gasteiger partial charge in [0.2, 0.25) is 11.8 Å². The zero-order valence-electron chi connectivity index (χ0n) is 22.2. The van der Waals surface area contributed by atoms with E-state index in [1.54, 1.807) is 4.90 Å². The smallest absolute Gasteiger partial charge is 0.306 e. The molecule has 3 aliphatic rings. The molecule has 4 atom stereocenters. The highest BCUT2D eigenvalue weighted by Crippen LogP contribution is 2.21. The zero-order chi connectivity index (χ0) is 27.2. The summed E-state index contributed by atoms with van der Waals surface area (Å²) in [7, 11) is 1.96. The maximum absolute atomic E-state index is 13.9. The molecule has 208 valence electrons. The van der Waals surface area contributed by atoms with Gasteiger partial charge in [-0.15, -0.1) is 0 Å². The van der Waals surface area contributed by atoms with Gasteiger partial charge >= 0.3 is 5.84 Å². The van der Waals surface area contributed by atoms with Gasteiger partial charge in [-0.2, -0.15) is 0 Å². The third-order valence-electron chi connectivity index (χ3n) is 7.59. The van der Waals surface area contributed by atoms with Crippen LogP contribution in [-0.2, 0) is 16.0 Å². The molecule has 2 amide bonds. The van der Waals surface area contributed by atoms with Crippen LogP contribution in [0.1, 0.15) is 31.7 Å². The Hall–Kier alpha value is -2.76. The molecule has 11 heteroatoms. The normalized spacial score (nSPS) is 23.8. The Balaban J connectivity index is 1.46. The number of carbonyl (C=O) groups is 2. The number of carbonyl (C=O) groups excluding carboxylic acids is 2.